The summed E-state index contributed by atoms with van der Waals surface area (Å²) < 4.78 is 12.9. The Morgan fingerprint density at radius 3 is 0.641 bits per heavy atom. The van der Waals surface area contributed by atoms with Crippen molar-refractivity contribution in [1.82, 2.24) is 0 Å². The minimum Gasteiger partial charge on any atom is -0.494 e. The molecule has 0 radical (unpaired) electrons. The van der Waals surface area contributed by atoms with E-state index in [4.69, 9.17) is 9.47 Å². The summed E-state index contributed by atoms with van der Waals surface area (Å²) in [5, 5.41) is 19.3. The van der Waals surface area contributed by atoms with Crippen LogP contribution in [0.1, 0.15) is 25.7 Å². The smallest absolute Gasteiger partial charge is 0.119 e. The predicted molar refractivity (Wildman–Crippen MR) is 332 cm³/mol. The maximum atomic E-state index is 6.44. The summed E-state index contributed by atoms with van der Waals surface area (Å²) in [5.74, 6) is 1.74. The number of fused-ring (bicyclic) bond motifs is 8. The van der Waals surface area contributed by atoms with Gasteiger partial charge in [0.05, 0.1) is 36.0 Å². The Morgan fingerprint density at radius 1 is 0.218 bits per heavy atom. The third-order valence-electron chi connectivity index (χ3n) is 15.6. The fourth-order valence-corrected chi connectivity index (χ4v) is 12.0. The van der Waals surface area contributed by atoms with Crippen molar-refractivity contribution in [2.24, 2.45) is 0 Å². The Balaban J connectivity index is 0.679. The Bertz CT molecular complexity index is 3780. The first kappa shape index (κ1) is 46.9. The number of nitrogens with zero attached hydrogens (tertiary/aromatic N) is 2. The Labute approximate surface area is 454 Å². The number of rotatable bonds is 15. The molecule has 0 saturated carbocycles. The van der Waals surface area contributed by atoms with Gasteiger partial charge in [-0.2, -0.15) is 0 Å². The molecular weight excluding hydrogens is 949 g/mol. The first-order chi connectivity index (χ1) is 38.7. The number of benzene rings is 14. The van der Waals surface area contributed by atoms with Crippen LogP contribution in [-0.2, 0) is 0 Å². The molecule has 0 unspecified atom stereocenters. The summed E-state index contributed by atoms with van der Waals surface area (Å²) in [6, 6.07) is 96.9. The minimum atomic E-state index is 0.655. The third kappa shape index (κ3) is 8.62. The molecule has 0 amide bonds. The van der Waals surface area contributed by atoms with Crippen LogP contribution in [0.15, 0.2) is 267 Å². The van der Waals surface area contributed by atoms with Crippen molar-refractivity contribution in [3.63, 3.8) is 0 Å². The molecule has 14 rings (SSSR count). The monoisotopic (exact) mass is 1000 g/mol. The Kier molecular flexibility index (Phi) is 12.3. The maximum absolute atomic E-state index is 6.44. The van der Waals surface area contributed by atoms with Gasteiger partial charge in [0, 0.05) is 54.5 Å². The van der Waals surface area contributed by atoms with Gasteiger partial charge in [-0.25, -0.2) is 0 Å². The summed E-state index contributed by atoms with van der Waals surface area (Å²) in [6.45, 7) is 1.31. The molecule has 0 bridgehead atoms. The van der Waals surface area contributed by atoms with Gasteiger partial charge >= 0.3 is 0 Å². The van der Waals surface area contributed by atoms with Gasteiger partial charge in [-0.05, 0) is 142 Å². The molecule has 14 aromatic carbocycles. The van der Waals surface area contributed by atoms with Gasteiger partial charge in [0.1, 0.15) is 11.5 Å². The molecular formula is C74H56N2O2. The van der Waals surface area contributed by atoms with Crippen LogP contribution in [0.4, 0.5) is 34.1 Å². The van der Waals surface area contributed by atoms with E-state index >= 15 is 0 Å². The highest BCUT2D eigenvalue weighted by Crippen LogP contribution is 2.51. The zero-order valence-electron chi connectivity index (χ0n) is 43.4. The summed E-state index contributed by atoms with van der Waals surface area (Å²) in [5.41, 5.74) is 6.83. The van der Waals surface area contributed by atoms with Crippen LogP contribution in [0.5, 0.6) is 11.5 Å². The first-order valence-electron chi connectivity index (χ1n) is 27.4. The van der Waals surface area contributed by atoms with Crippen molar-refractivity contribution < 1.29 is 9.47 Å². The average Bonchev–Trinajstić information content (AvgIpc) is 3.69. The first-order valence-corrected chi connectivity index (χ1v) is 27.4. The summed E-state index contributed by atoms with van der Waals surface area (Å²) in [6.07, 6.45) is 4.05. The molecule has 0 fully saturated rings. The van der Waals surface area contributed by atoms with Crippen LogP contribution in [0, 0.1) is 0 Å². The fourth-order valence-electron chi connectivity index (χ4n) is 12.0. The molecule has 4 nitrogen and oxygen atoms in total. The molecule has 0 N–H and O–H groups in total. The van der Waals surface area contributed by atoms with E-state index in [1.807, 2.05) is 0 Å². The van der Waals surface area contributed by atoms with Crippen molar-refractivity contribution in [3.05, 3.63) is 267 Å². The van der Waals surface area contributed by atoms with E-state index in [-0.39, 0.29) is 0 Å². The highest BCUT2D eigenvalue weighted by molar-refractivity contribution is 6.22. The highest BCUT2D eigenvalue weighted by atomic mass is 16.5. The largest absolute Gasteiger partial charge is 0.494 e. The molecule has 0 saturated heterocycles. The Morgan fingerprint density at radius 2 is 0.423 bits per heavy atom. The highest BCUT2D eigenvalue weighted by Gasteiger charge is 2.25. The second-order valence-corrected chi connectivity index (χ2v) is 20.4. The number of unbranched alkanes of at least 4 members (excludes halogenated alkanes) is 3. The molecule has 4 heteroatoms. The van der Waals surface area contributed by atoms with E-state index in [1.54, 1.807) is 0 Å². The molecule has 14 aromatic rings. The van der Waals surface area contributed by atoms with Gasteiger partial charge in [-0.15, -0.1) is 0 Å². The average molecular weight is 1010 g/mol. The van der Waals surface area contributed by atoms with Crippen LogP contribution >= 0.6 is 0 Å². The molecule has 0 aliphatic heterocycles. The Hall–Kier alpha value is -9.64. The van der Waals surface area contributed by atoms with E-state index in [9.17, 15) is 0 Å². The van der Waals surface area contributed by atoms with E-state index in [0.29, 0.717) is 13.2 Å². The van der Waals surface area contributed by atoms with Crippen LogP contribution in [-0.4, -0.2) is 13.2 Å². The lowest BCUT2D eigenvalue weighted by Crippen LogP contribution is -2.12. The number of hydrogen-bond donors (Lipinski definition) is 0. The zero-order chi connectivity index (χ0) is 51.8. The lowest BCUT2D eigenvalue weighted by Gasteiger charge is -2.31. The maximum Gasteiger partial charge on any atom is 0.119 e. The SMILES string of the molecule is c1ccc2c(N(c3ccc(OCCCCCCOc4ccc(N(c5c6ccccc6cc6ccccc56)c5c6ccccc6cc6ccccc56)cc4)cc3)c3c4ccccc4cc4ccccc34)c3ccccc3cc2c1. The predicted octanol–water partition coefficient (Wildman–Crippen LogP) is 20.9. The van der Waals surface area contributed by atoms with Gasteiger partial charge in [-0.1, -0.05) is 194 Å². The summed E-state index contributed by atoms with van der Waals surface area (Å²) >= 11 is 0. The standard InChI is InChI=1S/C74H56N2O2/c1(19-45-77-61-41-37-59(38-42-61)75(71-63-29-11-3-21-51(63)47-52-22-4-12-30-64(52)71)72-65-31-13-5-23-53(65)48-54-24-6-14-32-66(54)72)2-20-46-78-62-43-39-60(40-44-62)76(73-67-33-15-7-25-55(67)49-56-26-8-16-34-68(56)73)74-69-35-17-9-27-57(69)50-58-28-10-18-36-70(58)74/h3-18,21-44,47-50H,1-2,19-20,45-46H2. The summed E-state index contributed by atoms with van der Waals surface area (Å²) in [4.78, 5) is 4.98. The molecule has 0 aliphatic rings. The minimum absolute atomic E-state index is 0.655. The quantitative estimate of drug-likeness (QED) is 0.0755. The molecule has 0 atom stereocenters. The number of ether oxygens (including phenoxy) is 2. The molecule has 78 heavy (non-hydrogen) atoms. The van der Waals surface area contributed by atoms with Gasteiger partial charge in [-0.3, -0.25) is 0 Å². The normalized spacial score (nSPS) is 11.6. The van der Waals surface area contributed by atoms with Crippen LogP contribution in [0.2, 0.25) is 0 Å². The molecule has 0 heterocycles. The number of hydrogen-bond acceptors (Lipinski definition) is 4. The topological polar surface area (TPSA) is 24.9 Å². The second kappa shape index (κ2) is 20.5. The molecule has 0 aromatic heterocycles. The van der Waals surface area contributed by atoms with Gasteiger partial charge in [0.2, 0.25) is 0 Å². The fraction of sp³-hybridized carbons (Fsp3) is 0.0811. The second-order valence-electron chi connectivity index (χ2n) is 20.4. The molecule has 0 aliphatic carbocycles. The lowest BCUT2D eigenvalue weighted by atomic mass is 9.96. The van der Waals surface area contributed by atoms with Crippen LogP contribution < -0.4 is 19.3 Å². The molecule has 0 spiro atoms. The van der Waals surface area contributed by atoms with Crippen molar-refractivity contribution in [3.8, 4) is 11.5 Å². The number of anilines is 6. The van der Waals surface area contributed by atoms with Crippen molar-refractivity contribution in [1.29, 1.82) is 0 Å². The van der Waals surface area contributed by atoms with E-state index in [1.165, 1.54) is 109 Å². The third-order valence-corrected chi connectivity index (χ3v) is 15.6. The molecule has 374 valence electrons. The van der Waals surface area contributed by atoms with Gasteiger partial charge < -0.3 is 19.3 Å². The van der Waals surface area contributed by atoms with E-state index in [2.05, 4.69) is 277 Å². The van der Waals surface area contributed by atoms with E-state index < -0.39 is 0 Å². The van der Waals surface area contributed by atoms with Crippen LogP contribution in [0.25, 0.3) is 86.2 Å². The van der Waals surface area contributed by atoms with Crippen molar-refractivity contribution in [2.45, 2.75) is 25.7 Å². The summed E-state index contributed by atoms with van der Waals surface area (Å²) in [7, 11) is 0. The van der Waals surface area contributed by atoms with Crippen molar-refractivity contribution in [2.75, 3.05) is 23.0 Å². The van der Waals surface area contributed by atoms with Crippen LogP contribution in [0.3, 0.4) is 0 Å². The zero-order valence-corrected chi connectivity index (χ0v) is 43.4. The van der Waals surface area contributed by atoms with Gasteiger partial charge in [0.15, 0.2) is 0 Å². The van der Waals surface area contributed by atoms with E-state index in [0.717, 1.165) is 48.6 Å². The van der Waals surface area contributed by atoms with Crippen molar-refractivity contribution >= 4 is 120 Å². The lowest BCUT2D eigenvalue weighted by molar-refractivity contribution is 0.287. The van der Waals surface area contributed by atoms with Gasteiger partial charge in [0.25, 0.3) is 0 Å².